The van der Waals surface area contributed by atoms with Crippen LogP contribution in [-0.4, -0.2) is 54.2 Å². The second-order valence-corrected chi connectivity index (χ2v) is 10.4. The molecule has 0 unspecified atom stereocenters. The maximum atomic E-state index is 13.4. The molecule has 7 nitrogen and oxygen atoms in total. The lowest BCUT2D eigenvalue weighted by Crippen LogP contribution is -2.60. The molecular formula is C28H32N2O5. The highest BCUT2D eigenvalue weighted by atomic mass is 16.5. The third kappa shape index (κ3) is 4.40. The summed E-state index contributed by atoms with van der Waals surface area (Å²) in [6.45, 7) is 3.11. The molecule has 5 rings (SSSR count). The van der Waals surface area contributed by atoms with Crippen molar-refractivity contribution in [3.05, 3.63) is 59.7 Å². The van der Waals surface area contributed by atoms with Crippen molar-refractivity contribution in [1.29, 1.82) is 0 Å². The van der Waals surface area contributed by atoms with Crippen LogP contribution in [0.3, 0.4) is 0 Å². The molecule has 7 heteroatoms. The molecule has 1 heterocycles. The zero-order valence-electron chi connectivity index (χ0n) is 20.0. The predicted molar refractivity (Wildman–Crippen MR) is 131 cm³/mol. The first-order chi connectivity index (χ1) is 16.9. The van der Waals surface area contributed by atoms with Crippen molar-refractivity contribution in [1.82, 2.24) is 10.2 Å². The summed E-state index contributed by atoms with van der Waals surface area (Å²) in [5.74, 6) is -0.881. The third-order valence-corrected chi connectivity index (χ3v) is 8.12. The first kappa shape index (κ1) is 23.4. The number of alkyl carbamates (subject to hydrolysis) is 1. The number of ether oxygens (including phenoxy) is 1. The molecule has 35 heavy (non-hydrogen) atoms. The van der Waals surface area contributed by atoms with Crippen molar-refractivity contribution in [2.45, 2.75) is 38.5 Å². The molecule has 0 atom stereocenters. The number of rotatable bonds is 6. The van der Waals surface area contributed by atoms with Gasteiger partial charge in [-0.25, -0.2) is 4.79 Å². The van der Waals surface area contributed by atoms with Crippen LogP contribution in [0.25, 0.3) is 11.1 Å². The van der Waals surface area contributed by atoms with Crippen LogP contribution in [0.2, 0.25) is 0 Å². The summed E-state index contributed by atoms with van der Waals surface area (Å²) in [6.07, 6.45) is 2.67. The molecule has 2 aromatic rings. The molecule has 1 aliphatic heterocycles. The molecule has 0 bridgehead atoms. The van der Waals surface area contributed by atoms with Crippen LogP contribution >= 0.6 is 0 Å². The summed E-state index contributed by atoms with van der Waals surface area (Å²) in [4.78, 5) is 38.9. The molecule has 0 aromatic heterocycles. The summed E-state index contributed by atoms with van der Waals surface area (Å²) >= 11 is 0. The number of fused-ring (bicyclic) bond motifs is 3. The van der Waals surface area contributed by atoms with Gasteiger partial charge in [0, 0.05) is 25.6 Å². The van der Waals surface area contributed by atoms with Gasteiger partial charge in [-0.15, -0.1) is 0 Å². The van der Waals surface area contributed by atoms with E-state index in [1.54, 1.807) is 4.90 Å². The Bertz CT molecular complexity index is 1090. The van der Waals surface area contributed by atoms with Crippen LogP contribution < -0.4 is 5.32 Å². The van der Waals surface area contributed by atoms with E-state index in [-0.39, 0.29) is 38.1 Å². The van der Waals surface area contributed by atoms with E-state index in [1.807, 2.05) is 24.3 Å². The number of hydrogen-bond donors (Lipinski definition) is 2. The summed E-state index contributed by atoms with van der Waals surface area (Å²) < 4.78 is 5.67. The fraction of sp³-hybridized carbons (Fsp3) is 0.464. The molecule has 2 aliphatic carbocycles. The van der Waals surface area contributed by atoms with E-state index in [9.17, 15) is 19.5 Å². The number of carbonyl (C=O) groups excluding carboxylic acids is 2. The average molecular weight is 477 g/mol. The Morgan fingerprint density at radius 1 is 1.00 bits per heavy atom. The molecule has 2 fully saturated rings. The Hall–Kier alpha value is -3.35. The number of benzene rings is 2. The first-order valence-corrected chi connectivity index (χ1v) is 12.5. The minimum Gasteiger partial charge on any atom is -0.481 e. The number of carboxylic acids is 1. The number of nitrogens with zero attached hydrogens (tertiary/aromatic N) is 1. The van der Waals surface area contributed by atoms with Gasteiger partial charge in [-0.05, 0) is 53.9 Å². The number of aliphatic carboxylic acids is 1. The Morgan fingerprint density at radius 2 is 1.57 bits per heavy atom. The van der Waals surface area contributed by atoms with Crippen molar-refractivity contribution < 1.29 is 24.2 Å². The number of amides is 2. The summed E-state index contributed by atoms with van der Waals surface area (Å²) in [6, 6.07) is 16.4. The molecule has 3 aliphatic rings. The van der Waals surface area contributed by atoms with E-state index >= 15 is 0 Å². The van der Waals surface area contributed by atoms with E-state index in [0.717, 1.165) is 24.0 Å². The van der Waals surface area contributed by atoms with Gasteiger partial charge in [0.05, 0.1) is 11.3 Å². The van der Waals surface area contributed by atoms with Crippen molar-refractivity contribution in [2.24, 2.45) is 17.3 Å². The van der Waals surface area contributed by atoms with Crippen molar-refractivity contribution in [2.75, 3.05) is 26.2 Å². The molecule has 2 N–H and O–H groups in total. The zero-order chi connectivity index (χ0) is 24.6. The summed E-state index contributed by atoms with van der Waals surface area (Å²) in [5, 5.41) is 12.1. The van der Waals surface area contributed by atoms with Crippen LogP contribution in [0.5, 0.6) is 0 Å². The number of carbonyl (C=O) groups is 3. The van der Waals surface area contributed by atoms with E-state index in [4.69, 9.17) is 4.74 Å². The largest absolute Gasteiger partial charge is 0.481 e. The second kappa shape index (κ2) is 9.36. The zero-order valence-corrected chi connectivity index (χ0v) is 20.0. The summed E-state index contributed by atoms with van der Waals surface area (Å²) in [7, 11) is 0. The second-order valence-electron chi connectivity index (χ2n) is 10.4. The SMILES string of the molecule is CC1CCC(CNC(=O)OCC2c3ccccc3-c3ccccc32)(C(=O)N2CC(C(=O)O)C2)CC1. The maximum absolute atomic E-state index is 13.4. The van der Waals surface area contributed by atoms with Crippen LogP contribution in [0.4, 0.5) is 4.79 Å². The van der Waals surface area contributed by atoms with Gasteiger partial charge < -0.3 is 20.1 Å². The Kier molecular flexibility index (Phi) is 6.26. The van der Waals surface area contributed by atoms with Crippen molar-refractivity contribution >= 4 is 18.0 Å². The predicted octanol–water partition coefficient (Wildman–Crippen LogP) is 4.26. The molecular weight excluding hydrogens is 444 g/mol. The maximum Gasteiger partial charge on any atom is 0.407 e. The van der Waals surface area contributed by atoms with Gasteiger partial charge in [0.1, 0.15) is 6.61 Å². The lowest BCUT2D eigenvalue weighted by Gasteiger charge is -2.46. The number of nitrogens with one attached hydrogen (secondary N) is 1. The highest BCUT2D eigenvalue weighted by Gasteiger charge is 2.47. The van der Waals surface area contributed by atoms with Crippen molar-refractivity contribution in [3.8, 4) is 11.1 Å². The first-order valence-electron chi connectivity index (χ1n) is 12.5. The van der Waals surface area contributed by atoms with Gasteiger partial charge >= 0.3 is 12.1 Å². The van der Waals surface area contributed by atoms with Gasteiger partial charge in [0.15, 0.2) is 0 Å². The molecule has 0 spiro atoms. The Morgan fingerprint density at radius 3 is 2.14 bits per heavy atom. The number of likely N-dealkylation sites (tertiary alicyclic amines) is 1. The van der Waals surface area contributed by atoms with Crippen LogP contribution in [-0.2, 0) is 14.3 Å². The van der Waals surface area contributed by atoms with E-state index in [1.165, 1.54) is 11.1 Å². The highest BCUT2D eigenvalue weighted by molar-refractivity contribution is 5.86. The van der Waals surface area contributed by atoms with Gasteiger partial charge in [-0.2, -0.15) is 0 Å². The summed E-state index contributed by atoms with van der Waals surface area (Å²) in [5.41, 5.74) is 3.96. The molecule has 1 saturated heterocycles. The fourth-order valence-corrected chi connectivity index (χ4v) is 5.81. The molecule has 0 radical (unpaired) electrons. The van der Waals surface area contributed by atoms with Crippen LogP contribution in [0.15, 0.2) is 48.5 Å². The quantitative estimate of drug-likeness (QED) is 0.649. The van der Waals surface area contributed by atoms with Gasteiger partial charge in [-0.1, -0.05) is 55.5 Å². The average Bonchev–Trinajstić information content (AvgIpc) is 3.15. The third-order valence-electron chi connectivity index (χ3n) is 8.12. The van der Waals surface area contributed by atoms with E-state index < -0.39 is 23.4 Å². The minimum absolute atomic E-state index is 0.0201. The molecule has 1 saturated carbocycles. The van der Waals surface area contributed by atoms with Crippen LogP contribution in [0, 0.1) is 17.3 Å². The lowest BCUT2D eigenvalue weighted by molar-refractivity contribution is -0.159. The highest BCUT2D eigenvalue weighted by Crippen LogP contribution is 2.45. The van der Waals surface area contributed by atoms with Gasteiger partial charge in [0.25, 0.3) is 0 Å². The fourth-order valence-electron chi connectivity index (χ4n) is 5.81. The van der Waals surface area contributed by atoms with Crippen LogP contribution in [0.1, 0.15) is 49.7 Å². The topological polar surface area (TPSA) is 95.9 Å². The smallest absolute Gasteiger partial charge is 0.407 e. The number of carboxylic acid groups (broad SMARTS) is 1. The van der Waals surface area contributed by atoms with Gasteiger partial charge in [0.2, 0.25) is 5.91 Å². The minimum atomic E-state index is -0.864. The van der Waals surface area contributed by atoms with E-state index in [0.29, 0.717) is 18.8 Å². The number of hydrogen-bond acceptors (Lipinski definition) is 4. The lowest BCUT2D eigenvalue weighted by atomic mass is 9.69. The monoisotopic (exact) mass is 476 g/mol. The Balaban J connectivity index is 1.22. The standard InChI is InChI=1S/C28H32N2O5/c1-18-10-12-28(13-11-18,26(33)30-14-19(15-30)25(31)32)17-29-27(34)35-16-24-22-8-4-2-6-20(22)21-7-3-5-9-23(21)24/h2-9,18-19,24H,10-17H2,1H3,(H,29,34)(H,31,32). The normalized spacial score (nSPS) is 23.7. The van der Waals surface area contributed by atoms with Crippen molar-refractivity contribution in [3.63, 3.8) is 0 Å². The molecule has 2 aromatic carbocycles. The molecule has 2 amide bonds. The Labute approximate surface area is 205 Å². The van der Waals surface area contributed by atoms with Gasteiger partial charge in [-0.3, -0.25) is 9.59 Å². The molecule has 184 valence electrons. The van der Waals surface area contributed by atoms with E-state index in [2.05, 4.69) is 36.5 Å².